The molecule has 0 aliphatic carbocycles. The highest BCUT2D eigenvalue weighted by molar-refractivity contribution is 5.71. The molecule has 82 valence electrons. The molecule has 0 saturated heterocycles. The smallest absolute Gasteiger partial charge is 0.269 e. The van der Waals surface area contributed by atoms with Gasteiger partial charge in [0.2, 0.25) is 0 Å². The SMILES string of the molecule is CC(=O)N(N)Oc1cccc(C(C)C)c1. The van der Waals surface area contributed by atoms with Crippen LogP contribution in [0.1, 0.15) is 32.3 Å². The lowest BCUT2D eigenvalue weighted by molar-refractivity contribution is -0.155. The fourth-order valence-electron chi connectivity index (χ4n) is 1.11. The number of carbonyl (C=O) groups is 1. The maximum atomic E-state index is 10.8. The largest absolute Gasteiger partial charge is 0.361 e. The molecule has 0 spiro atoms. The summed E-state index contributed by atoms with van der Waals surface area (Å²) in [4.78, 5) is 16.0. The Morgan fingerprint density at radius 1 is 1.47 bits per heavy atom. The highest BCUT2D eigenvalue weighted by Crippen LogP contribution is 2.20. The Labute approximate surface area is 89.6 Å². The van der Waals surface area contributed by atoms with Crippen LogP contribution in [0.3, 0.4) is 0 Å². The van der Waals surface area contributed by atoms with E-state index in [-0.39, 0.29) is 5.91 Å². The van der Waals surface area contributed by atoms with Crippen molar-refractivity contribution in [1.82, 2.24) is 5.17 Å². The van der Waals surface area contributed by atoms with Crippen molar-refractivity contribution in [3.05, 3.63) is 29.8 Å². The molecule has 0 heterocycles. The highest BCUT2D eigenvalue weighted by Gasteiger charge is 2.06. The fraction of sp³-hybridized carbons (Fsp3) is 0.364. The maximum absolute atomic E-state index is 10.8. The summed E-state index contributed by atoms with van der Waals surface area (Å²) < 4.78 is 0. The van der Waals surface area contributed by atoms with Gasteiger partial charge in [-0.25, -0.2) is 5.84 Å². The Kier molecular flexibility index (Phi) is 3.68. The summed E-state index contributed by atoms with van der Waals surface area (Å²) in [6.45, 7) is 5.51. The van der Waals surface area contributed by atoms with Crippen molar-refractivity contribution in [2.75, 3.05) is 0 Å². The summed E-state index contributed by atoms with van der Waals surface area (Å²) >= 11 is 0. The Balaban J connectivity index is 2.78. The third-order valence-electron chi connectivity index (χ3n) is 2.04. The van der Waals surface area contributed by atoms with E-state index in [1.807, 2.05) is 18.2 Å². The van der Waals surface area contributed by atoms with Gasteiger partial charge in [0, 0.05) is 6.92 Å². The minimum atomic E-state index is -0.343. The van der Waals surface area contributed by atoms with Gasteiger partial charge >= 0.3 is 0 Å². The normalized spacial score (nSPS) is 10.2. The summed E-state index contributed by atoms with van der Waals surface area (Å²) in [5.41, 5.74) is 1.14. The van der Waals surface area contributed by atoms with E-state index in [2.05, 4.69) is 13.8 Å². The number of nitrogens with two attached hydrogens (primary N) is 1. The molecule has 1 aromatic carbocycles. The molecule has 0 unspecified atom stereocenters. The zero-order valence-electron chi connectivity index (χ0n) is 9.23. The van der Waals surface area contributed by atoms with E-state index >= 15 is 0 Å². The van der Waals surface area contributed by atoms with Crippen molar-refractivity contribution < 1.29 is 9.63 Å². The van der Waals surface area contributed by atoms with Gasteiger partial charge in [-0.05, 0) is 23.6 Å². The fourth-order valence-corrected chi connectivity index (χ4v) is 1.11. The molecule has 0 bridgehead atoms. The van der Waals surface area contributed by atoms with Crippen LogP contribution in [0.25, 0.3) is 0 Å². The maximum Gasteiger partial charge on any atom is 0.269 e. The summed E-state index contributed by atoms with van der Waals surface area (Å²) in [6.07, 6.45) is 0. The molecular formula is C11H16N2O2. The molecule has 15 heavy (non-hydrogen) atoms. The van der Waals surface area contributed by atoms with Crippen molar-refractivity contribution in [3.8, 4) is 5.75 Å². The predicted octanol–water partition coefficient (Wildman–Crippen LogP) is 1.83. The Morgan fingerprint density at radius 3 is 2.67 bits per heavy atom. The number of carbonyl (C=O) groups excluding carboxylic acids is 1. The number of hydrazine groups is 1. The van der Waals surface area contributed by atoms with Crippen LogP contribution in [-0.2, 0) is 4.79 Å². The van der Waals surface area contributed by atoms with Gasteiger partial charge in [0.05, 0.1) is 0 Å². The van der Waals surface area contributed by atoms with Gasteiger partial charge in [-0.15, -0.1) is 5.17 Å². The van der Waals surface area contributed by atoms with E-state index in [1.165, 1.54) is 6.92 Å². The summed E-state index contributed by atoms with van der Waals surface area (Å²) in [7, 11) is 0. The standard InChI is InChI=1S/C11H16N2O2/c1-8(2)10-5-4-6-11(7-10)15-13(12)9(3)14/h4-8H,12H2,1-3H3. The van der Waals surface area contributed by atoms with Gasteiger partial charge in [-0.3, -0.25) is 4.79 Å². The van der Waals surface area contributed by atoms with Crippen molar-refractivity contribution >= 4 is 5.91 Å². The molecule has 0 aliphatic heterocycles. The Bertz CT molecular complexity index is 350. The third-order valence-corrected chi connectivity index (χ3v) is 2.04. The average Bonchev–Trinajstić information content (AvgIpc) is 2.18. The summed E-state index contributed by atoms with van der Waals surface area (Å²) in [6, 6.07) is 7.51. The molecule has 1 rings (SSSR count). The Morgan fingerprint density at radius 2 is 2.13 bits per heavy atom. The van der Waals surface area contributed by atoms with E-state index in [1.54, 1.807) is 6.07 Å². The lowest BCUT2D eigenvalue weighted by Crippen LogP contribution is -2.38. The quantitative estimate of drug-likeness (QED) is 0.468. The van der Waals surface area contributed by atoms with E-state index in [9.17, 15) is 4.79 Å². The van der Waals surface area contributed by atoms with Crippen LogP contribution in [-0.4, -0.2) is 11.1 Å². The lowest BCUT2D eigenvalue weighted by atomic mass is 10.0. The van der Waals surface area contributed by atoms with E-state index in [4.69, 9.17) is 10.7 Å². The molecule has 0 fully saturated rings. The molecule has 4 nitrogen and oxygen atoms in total. The van der Waals surface area contributed by atoms with Crippen LogP contribution in [0.4, 0.5) is 0 Å². The predicted molar refractivity (Wildman–Crippen MR) is 57.9 cm³/mol. The second kappa shape index (κ2) is 4.79. The number of hydroxylamine groups is 1. The Hall–Kier alpha value is -1.55. The molecule has 1 aromatic rings. The summed E-state index contributed by atoms with van der Waals surface area (Å²) in [5, 5.41) is 0.722. The number of rotatable bonds is 3. The zero-order chi connectivity index (χ0) is 11.4. The van der Waals surface area contributed by atoms with Crippen LogP contribution < -0.4 is 10.7 Å². The van der Waals surface area contributed by atoms with E-state index < -0.39 is 0 Å². The molecule has 2 N–H and O–H groups in total. The topological polar surface area (TPSA) is 55.6 Å². The van der Waals surface area contributed by atoms with Crippen LogP contribution in [0, 0.1) is 0 Å². The first-order valence-electron chi connectivity index (χ1n) is 4.84. The summed E-state index contributed by atoms with van der Waals surface area (Å²) in [5.74, 6) is 5.98. The number of hydrogen-bond acceptors (Lipinski definition) is 3. The number of amides is 1. The van der Waals surface area contributed by atoms with E-state index in [0.29, 0.717) is 11.7 Å². The first kappa shape index (κ1) is 11.5. The first-order valence-corrected chi connectivity index (χ1v) is 4.84. The van der Waals surface area contributed by atoms with Crippen molar-refractivity contribution in [1.29, 1.82) is 0 Å². The number of hydrogen-bond donors (Lipinski definition) is 1. The van der Waals surface area contributed by atoms with Crippen LogP contribution in [0.2, 0.25) is 0 Å². The number of benzene rings is 1. The van der Waals surface area contributed by atoms with Crippen LogP contribution in [0.15, 0.2) is 24.3 Å². The minimum absolute atomic E-state index is 0.343. The highest BCUT2D eigenvalue weighted by atomic mass is 16.7. The molecular weight excluding hydrogens is 192 g/mol. The molecule has 0 radical (unpaired) electrons. The molecule has 0 atom stereocenters. The van der Waals surface area contributed by atoms with Gasteiger partial charge in [-0.2, -0.15) is 0 Å². The first-order chi connectivity index (χ1) is 7.00. The minimum Gasteiger partial charge on any atom is -0.361 e. The van der Waals surface area contributed by atoms with Gasteiger partial charge < -0.3 is 4.84 Å². The third kappa shape index (κ3) is 3.25. The van der Waals surface area contributed by atoms with Crippen molar-refractivity contribution in [2.45, 2.75) is 26.7 Å². The molecule has 4 heteroatoms. The van der Waals surface area contributed by atoms with Crippen LogP contribution in [0.5, 0.6) is 5.75 Å². The van der Waals surface area contributed by atoms with Crippen molar-refractivity contribution in [3.63, 3.8) is 0 Å². The second-order valence-electron chi connectivity index (χ2n) is 3.66. The van der Waals surface area contributed by atoms with E-state index in [0.717, 1.165) is 10.7 Å². The van der Waals surface area contributed by atoms with Gasteiger partial charge in [0.15, 0.2) is 5.75 Å². The second-order valence-corrected chi connectivity index (χ2v) is 3.66. The van der Waals surface area contributed by atoms with Crippen LogP contribution >= 0.6 is 0 Å². The van der Waals surface area contributed by atoms with Gasteiger partial charge in [0.25, 0.3) is 5.91 Å². The molecule has 0 saturated carbocycles. The monoisotopic (exact) mass is 208 g/mol. The van der Waals surface area contributed by atoms with Gasteiger partial charge in [-0.1, -0.05) is 26.0 Å². The zero-order valence-corrected chi connectivity index (χ0v) is 9.23. The average molecular weight is 208 g/mol. The molecule has 0 aromatic heterocycles. The number of nitrogens with zero attached hydrogens (tertiary/aromatic N) is 1. The molecule has 0 aliphatic rings. The lowest BCUT2D eigenvalue weighted by Gasteiger charge is -2.15. The van der Waals surface area contributed by atoms with Gasteiger partial charge in [0.1, 0.15) is 0 Å². The van der Waals surface area contributed by atoms with Crippen molar-refractivity contribution in [2.24, 2.45) is 5.84 Å². The molecule has 1 amide bonds.